The van der Waals surface area contributed by atoms with E-state index in [2.05, 4.69) is 18.4 Å². The van der Waals surface area contributed by atoms with Crippen LogP contribution in [0.2, 0.25) is 5.02 Å². The van der Waals surface area contributed by atoms with Gasteiger partial charge in [0.15, 0.2) is 5.16 Å². The van der Waals surface area contributed by atoms with E-state index in [1.54, 1.807) is 11.8 Å². The molecule has 1 aromatic heterocycles. The van der Waals surface area contributed by atoms with Crippen molar-refractivity contribution in [3.63, 3.8) is 0 Å². The Morgan fingerprint density at radius 3 is 2.83 bits per heavy atom. The van der Waals surface area contributed by atoms with Crippen LogP contribution in [-0.2, 0) is 11.3 Å². The largest absolute Gasteiger partial charge is 0.493 e. The summed E-state index contributed by atoms with van der Waals surface area (Å²) in [5.74, 6) is 1.69. The number of nitrogens with zero attached hydrogens (tertiary/aromatic N) is 2. The number of rotatable bonds is 7. The van der Waals surface area contributed by atoms with Gasteiger partial charge in [0.05, 0.1) is 24.9 Å². The summed E-state index contributed by atoms with van der Waals surface area (Å²) in [5.41, 5.74) is 2.32. The molecule has 1 aliphatic heterocycles. The minimum absolute atomic E-state index is 0.321. The van der Waals surface area contributed by atoms with Crippen LogP contribution < -0.4 is 4.74 Å². The number of imidazole rings is 1. The first-order valence-corrected chi connectivity index (χ1v) is 9.66. The van der Waals surface area contributed by atoms with Crippen molar-refractivity contribution in [1.29, 1.82) is 0 Å². The van der Waals surface area contributed by atoms with Gasteiger partial charge in [0.1, 0.15) is 5.75 Å². The SMILES string of the molecule is Cc1nc(SCCOc2ccc(Cl)cc2)n(C[C@H]2CCCO2)c1C. The van der Waals surface area contributed by atoms with Crippen molar-refractivity contribution in [2.75, 3.05) is 19.0 Å². The molecule has 0 bridgehead atoms. The summed E-state index contributed by atoms with van der Waals surface area (Å²) in [6.45, 7) is 6.61. The average Bonchev–Trinajstić information content (AvgIpc) is 3.18. The van der Waals surface area contributed by atoms with Gasteiger partial charge in [-0.25, -0.2) is 4.98 Å². The van der Waals surface area contributed by atoms with Gasteiger partial charge in [-0.05, 0) is 51.0 Å². The maximum absolute atomic E-state index is 5.88. The van der Waals surface area contributed by atoms with E-state index in [0.717, 1.165) is 53.4 Å². The first-order chi connectivity index (χ1) is 11.6. The summed E-state index contributed by atoms with van der Waals surface area (Å²) in [5, 5.41) is 1.78. The number of ether oxygens (including phenoxy) is 2. The van der Waals surface area contributed by atoms with Gasteiger partial charge in [0, 0.05) is 23.1 Å². The molecule has 130 valence electrons. The van der Waals surface area contributed by atoms with Crippen LogP contribution in [0.5, 0.6) is 5.75 Å². The molecular formula is C18H23ClN2O2S. The summed E-state index contributed by atoms with van der Waals surface area (Å²) in [7, 11) is 0. The molecule has 0 aliphatic carbocycles. The molecule has 0 unspecified atom stereocenters. The number of thioether (sulfide) groups is 1. The third kappa shape index (κ3) is 4.47. The second-order valence-electron chi connectivity index (χ2n) is 5.96. The monoisotopic (exact) mass is 366 g/mol. The fourth-order valence-corrected chi connectivity index (χ4v) is 3.81. The van der Waals surface area contributed by atoms with Crippen molar-refractivity contribution in [3.05, 3.63) is 40.7 Å². The van der Waals surface area contributed by atoms with Gasteiger partial charge in [-0.3, -0.25) is 0 Å². The molecule has 0 N–H and O–H groups in total. The molecule has 4 nitrogen and oxygen atoms in total. The highest BCUT2D eigenvalue weighted by Crippen LogP contribution is 2.24. The minimum Gasteiger partial charge on any atom is -0.493 e. The van der Waals surface area contributed by atoms with Crippen molar-refractivity contribution in [2.24, 2.45) is 0 Å². The second kappa shape index (κ2) is 8.28. The Bertz CT molecular complexity index is 666. The van der Waals surface area contributed by atoms with Crippen LogP contribution in [0.4, 0.5) is 0 Å². The average molecular weight is 367 g/mol. The molecule has 0 saturated carbocycles. The summed E-state index contributed by atoms with van der Waals surface area (Å²) in [4.78, 5) is 4.71. The van der Waals surface area contributed by atoms with Gasteiger partial charge in [-0.1, -0.05) is 23.4 Å². The van der Waals surface area contributed by atoms with E-state index in [-0.39, 0.29) is 0 Å². The predicted octanol–water partition coefficient (Wildman–Crippen LogP) is 4.50. The lowest BCUT2D eigenvalue weighted by Crippen LogP contribution is -2.17. The van der Waals surface area contributed by atoms with E-state index < -0.39 is 0 Å². The third-order valence-corrected chi connectivity index (χ3v) is 5.42. The van der Waals surface area contributed by atoms with Gasteiger partial charge in [-0.15, -0.1) is 0 Å². The van der Waals surface area contributed by atoms with Crippen molar-refractivity contribution < 1.29 is 9.47 Å². The van der Waals surface area contributed by atoms with E-state index in [1.165, 1.54) is 5.69 Å². The number of hydrogen-bond donors (Lipinski definition) is 0. The Hall–Kier alpha value is -1.17. The lowest BCUT2D eigenvalue weighted by molar-refractivity contribution is 0.0945. The summed E-state index contributed by atoms with van der Waals surface area (Å²) >= 11 is 7.61. The molecule has 1 aliphatic rings. The number of halogens is 1. The lowest BCUT2D eigenvalue weighted by Gasteiger charge is -2.14. The zero-order valence-corrected chi connectivity index (χ0v) is 15.7. The van der Waals surface area contributed by atoms with Crippen LogP contribution in [-0.4, -0.2) is 34.6 Å². The highest BCUT2D eigenvalue weighted by Gasteiger charge is 2.20. The van der Waals surface area contributed by atoms with Gasteiger partial charge in [0.25, 0.3) is 0 Å². The lowest BCUT2D eigenvalue weighted by atomic mass is 10.2. The van der Waals surface area contributed by atoms with Gasteiger partial charge in [0.2, 0.25) is 0 Å². The molecule has 24 heavy (non-hydrogen) atoms. The fraction of sp³-hybridized carbons (Fsp3) is 0.500. The Balaban J connectivity index is 1.54. The molecule has 3 rings (SSSR count). The Labute approximate surface area is 152 Å². The van der Waals surface area contributed by atoms with Crippen LogP contribution in [0, 0.1) is 13.8 Å². The zero-order valence-electron chi connectivity index (χ0n) is 14.1. The normalized spacial score (nSPS) is 17.4. The van der Waals surface area contributed by atoms with Crippen molar-refractivity contribution >= 4 is 23.4 Å². The maximum atomic E-state index is 5.88. The minimum atomic E-state index is 0.321. The molecule has 1 fully saturated rings. The van der Waals surface area contributed by atoms with E-state index >= 15 is 0 Å². The molecular weight excluding hydrogens is 344 g/mol. The number of hydrogen-bond acceptors (Lipinski definition) is 4. The molecule has 0 radical (unpaired) electrons. The fourth-order valence-electron chi connectivity index (χ4n) is 2.76. The highest BCUT2D eigenvalue weighted by atomic mass is 35.5. The van der Waals surface area contributed by atoms with Crippen LogP contribution in [0.15, 0.2) is 29.4 Å². The van der Waals surface area contributed by atoms with Crippen molar-refractivity contribution in [1.82, 2.24) is 9.55 Å². The Morgan fingerprint density at radius 2 is 2.12 bits per heavy atom. The standard InChI is InChI=1S/C18H23ClN2O2S/c1-13-14(2)21(12-17-4-3-9-22-17)18(20-13)24-11-10-23-16-7-5-15(19)6-8-16/h5-8,17H,3-4,9-12H2,1-2H3/t17-/m1/s1. The summed E-state index contributed by atoms with van der Waals surface area (Å²) in [6.07, 6.45) is 2.62. The van der Waals surface area contributed by atoms with Gasteiger partial charge in [-0.2, -0.15) is 0 Å². The molecule has 2 aromatic rings. The zero-order chi connectivity index (χ0) is 16.9. The highest BCUT2D eigenvalue weighted by molar-refractivity contribution is 7.99. The van der Waals surface area contributed by atoms with Crippen LogP contribution >= 0.6 is 23.4 Å². The Kier molecular flexibility index (Phi) is 6.09. The van der Waals surface area contributed by atoms with Crippen LogP contribution in [0.3, 0.4) is 0 Å². The predicted molar refractivity (Wildman–Crippen MR) is 98.3 cm³/mol. The van der Waals surface area contributed by atoms with Crippen LogP contribution in [0.1, 0.15) is 24.2 Å². The molecule has 0 amide bonds. The van der Waals surface area contributed by atoms with Crippen LogP contribution in [0.25, 0.3) is 0 Å². The quantitative estimate of drug-likeness (QED) is 0.533. The first kappa shape index (κ1) is 17.6. The van der Waals surface area contributed by atoms with Gasteiger partial charge >= 0.3 is 0 Å². The summed E-state index contributed by atoms with van der Waals surface area (Å²) < 4.78 is 13.8. The smallest absolute Gasteiger partial charge is 0.168 e. The maximum Gasteiger partial charge on any atom is 0.168 e. The molecule has 1 saturated heterocycles. The third-order valence-electron chi connectivity index (χ3n) is 4.23. The number of benzene rings is 1. The number of aryl methyl sites for hydroxylation is 1. The Morgan fingerprint density at radius 1 is 1.33 bits per heavy atom. The molecule has 1 aromatic carbocycles. The molecule has 6 heteroatoms. The van der Waals surface area contributed by atoms with E-state index in [9.17, 15) is 0 Å². The summed E-state index contributed by atoms with van der Waals surface area (Å²) in [6, 6.07) is 7.45. The van der Waals surface area contributed by atoms with E-state index in [4.69, 9.17) is 26.1 Å². The van der Waals surface area contributed by atoms with Crippen molar-refractivity contribution in [3.8, 4) is 5.75 Å². The van der Waals surface area contributed by atoms with E-state index in [1.807, 2.05) is 24.3 Å². The topological polar surface area (TPSA) is 36.3 Å². The van der Waals surface area contributed by atoms with Crippen molar-refractivity contribution in [2.45, 2.75) is 44.5 Å². The molecule has 0 spiro atoms. The number of aromatic nitrogens is 2. The first-order valence-electron chi connectivity index (χ1n) is 8.30. The molecule has 2 heterocycles. The van der Waals surface area contributed by atoms with Gasteiger partial charge < -0.3 is 14.0 Å². The second-order valence-corrected chi connectivity index (χ2v) is 7.46. The van der Waals surface area contributed by atoms with E-state index in [0.29, 0.717) is 12.7 Å². The molecule has 1 atom stereocenters.